The van der Waals surface area contributed by atoms with E-state index in [1.54, 1.807) is 0 Å². The summed E-state index contributed by atoms with van der Waals surface area (Å²) in [6, 6.07) is 21.9. The van der Waals surface area contributed by atoms with Gasteiger partial charge in [-0.1, -0.05) is 185 Å². The molecule has 0 N–H and O–H groups in total. The molecule has 11 atom stereocenters. The van der Waals surface area contributed by atoms with Crippen molar-refractivity contribution in [2.24, 2.45) is 11.8 Å². The van der Waals surface area contributed by atoms with E-state index in [1.807, 2.05) is 0 Å². The van der Waals surface area contributed by atoms with Gasteiger partial charge in [0.25, 0.3) is 8.32 Å². The average molecular weight is 1050 g/mol. The first-order valence-electron chi connectivity index (χ1n) is 29.0. The molecule has 5 aliphatic heterocycles. The predicted molar refractivity (Wildman–Crippen MR) is 304 cm³/mol. The SMILES string of the molecule is C=C1[C@@H](O[Si](C(C)C)(C(C)C)C(C)C)[C@@H]2O[C@]3(CC[C@H](CO[Si](c4ccccc4)(c4ccccc4)C(C)(C)C)O3)CC[C@H]2O[C@@H]1[C@H](C[C@H](C)[C@H]1O[C@@]2(CCCCO2)CC[C@H]1C)O[Si](C(C)C)(C(C)C)C(C)C. The Morgan fingerprint density at radius 3 is 1.71 bits per heavy atom. The topological polar surface area (TPSA) is 73.8 Å². The first kappa shape index (κ1) is 58.2. The molecule has 0 aliphatic carbocycles. The van der Waals surface area contributed by atoms with E-state index in [9.17, 15) is 0 Å². The van der Waals surface area contributed by atoms with Crippen molar-refractivity contribution in [2.45, 2.75) is 274 Å². The van der Waals surface area contributed by atoms with Gasteiger partial charge in [-0.3, -0.25) is 0 Å². The van der Waals surface area contributed by atoms with Gasteiger partial charge in [-0.15, -0.1) is 0 Å². The van der Waals surface area contributed by atoms with Crippen LogP contribution in [0.4, 0.5) is 0 Å². The van der Waals surface area contributed by atoms with Gasteiger partial charge in [0.2, 0.25) is 16.6 Å². The summed E-state index contributed by atoms with van der Waals surface area (Å²) in [4.78, 5) is 0. The standard InChI is InChI=1S/C61H102O8Si3/c1-41(2)70(42(3)4,43(5)6)68-54(39-48(14)55-47(13)31-35-60(66-55)34-25-26-38-62-60)56-49(15)57(69-71(44(7)8,45(9)10)46(11)12)58-53(64-56)33-37-61(67-58)36-32-50(65-61)40-63-72(59(16,17)18,51-27-21-19-22-28-51)52-29-23-20-24-30-52/h19-24,27-30,41-48,50,53-58H,15,25-26,31-40H2,1-14,16-18H3/t47-,48+,50-,53-,54+,55+,56+,57-,58-,60+,61-/m1/s1. The first-order chi connectivity index (χ1) is 33.9. The zero-order chi connectivity index (χ0) is 52.6. The van der Waals surface area contributed by atoms with Gasteiger partial charge >= 0.3 is 0 Å². The highest BCUT2D eigenvalue weighted by Gasteiger charge is 2.60. The molecule has 5 aliphatic rings. The van der Waals surface area contributed by atoms with Crippen LogP contribution in [0.5, 0.6) is 0 Å². The van der Waals surface area contributed by atoms with Crippen molar-refractivity contribution in [3.8, 4) is 0 Å². The van der Waals surface area contributed by atoms with Crippen LogP contribution >= 0.6 is 0 Å². The van der Waals surface area contributed by atoms with E-state index in [0.29, 0.717) is 45.8 Å². The minimum atomic E-state index is -2.77. The summed E-state index contributed by atoms with van der Waals surface area (Å²) >= 11 is 0. The van der Waals surface area contributed by atoms with E-state index in [1.165, 1.54) is 10.4 Å². The lowest BCUT2D eigenvalue weighted by atomic mass is 9.79. The highest BCUT2D eigenvalue weighted by Crippen LogP contribution is 2.53. The second-order valence-corrected chi connectivity index (χ2v) is 41.4. The Balaban J connectivity index is 1.23. The van der Waals surface area contributed by atoms with Gasteiger partial charge in [-0.2, -0.15) is 0 Å². The highest BCUT2D eigenvalue weighted by molar-refractivity contribution is 6.99. The fourth-order valence-electron chi connectivity index (χ4n) is 15.5. The molecule has 8 nitrogen and oxygen atoms in total. The molecule has 72 heavy (non-hydrogen) atoms. The average Bonchev–Trinajstić information content (AvgIpc) is 3.72. The maximum atomic E-state index is 8.06. The third-order valence-corrected chi connectivity index (χ3v) is 36.0. The lowest BCUT2D eigenvalue weighted by Gasteiger charge is -2.56. The molecular formula is C61H102O8Si3. The number of hydrogen-bond donors (Lipinski definition) is 0. The smallest absolute Gasteiger partial charge is 0.261 e. The zero-order valence-electron chi connectivity index (χ0n) is 48.4. The van der Waals surface area contributed by atoms with E-state index in [-0.39, 0.29) is 53.7 Å². The number of hydrogen-bond acceptors (Lipinski definition) is 8. The molecule has 0 aromatic heterocycles. The summed E-state index contributed by atoms with van der Waals surface area (Å²) in [5.41, 5.74) is 3.32. The minimum Gasteiger partial charge on any atom is -0.410 e. The highest BCUT2D eigenvalue weighted by atomic mass is 28.4. The van der Waals surface area contributed by atoms with Crippen molar-refractivity contribution in [1.82, 2.24) is 0 Å². The molecule has 406 valence electrons. The quantitative estimate of drug-likeness (QED) is 0.102. The van der Waals surface area contributed by atoms with E-state index >= 15 is 0 Å². The summed E-state index contributed by atoms with van der Waals surface area (Å²) in [7, 11) is -7.69. The lowest BCUT2D eigenvalue weighted by molar-refractivity contribution is -0.322. The van der Waals surface area contributed by atoms with Crippen LogP contribution in [0, 0.1) is 11.8 Å². The molecule has 7 rings (SSSR count). The first-order valence-corrected chi connectivity index (χ1v) is 35.2. The fraction of sp³-hybridized carbons (Fsp3) is 0.770. The second-order valence-electron chi connectivity index (χ2n) is 26.3. The lowest BCUT2D eigenvalue weighted by Crippen LogP contribution is -2.67. The summed E-state index contributed by atoms with van der Waals surface area (Å²) in [5.74, 6) is -0.610. The van der Waals surface area contributed by atoms with Crippen molar-refractivity contribution < 1.29 is 37.0 Å². The summed E-state index contributed by atoms with van der Waals surface area (Å²) in [6.07, 6.45) is 7.75. The number of ether oxygens (including phenoxy) is 5. The van der Waals surface area contributed by atoms with Gasteiger partial charge in [0.1, 0.15) is 12.2 Å². The maximum absolute atomic E-state index is 8.06. The Morgan fingerprint density at radius 1 is 0.653 bits per heavy atom. The van der Waals surface area contributed by atoms with Gasteiger partial charge < -0.3 is 37.0 Å². The second kappa shape index (κ2) is 23.2. The zero-order valence-corrected chi connectivity index (χ0v) is 51.4. The fourth-order valence-corrected chi connectivity index (χ4v) is 31.2. The third-order valence-electron chi connectivity index (χ3n) is 18.8. The summed E-state index contributed by atoms with van der Waals surface area (Å²) in [5, 5.41) is 2.43. The molecule has 5 fully saturated rings. The van der Waals surface area contributed by atoms with Gasteiger partial charge in [0, 0.05) is 25.7 Å². The van der Waals surface area contributed by atoms with Crippen molar-refractivity contribution in [1.29, 1.82) is 0 Å². The molecule has 5 saturated heterocycles. The van der Waals surface area contributed by atoms with E-state index in [4.69, 9.17) is 43.5 Å². The van der Waals surface area contributed by atoms with Gasteiger partial charge in [-0.05, 0) is 105 Å². The molecule has 0 bridgehead atoms. The van der Waals surface area contributed by atoms with E-state index in [2.05, 4.69) is 178 Å². The normalized spacial score (nSPS) is 30.9. The Kier molecular flexibility index (Phi) is 18.8. The molecule has 2 aromatic carbocycles. The van der Waals surface area contributed by atoms with E-state index in [0.717, 1.165) is 76.4 Å². The Morgan fingerprint density at radius 2 is 1.19 bits per heavy atom. The predicted octanol–water partition coefficient (Wildman–Crippen LogP) is 14.8. The maximum Gasteiger partial charge on any atom is 0.261 e. The number of fused-ring (bicyclic) bond motifs is 1. The molecule has 2 aromatic rings. The van der Waals surface area contributed by atoms with Gasteiger partial charge in [0.05, 0.1) is 43.7 Å². The van der Waals surface area contributed by atoms with Crippen molar-refractivity contribution in [2.75, 3.05) is 13.2 Å². The Bertz CT molecular complexity index is 1950. The van der Waals surface area contributed by atoms with Crippen LogP contribution in [0.25, 0.3) is 0 Å². The van der Waals surface area contributed by atoms with Crippen LogP contribution in [0.3, 0.4) is 0 Å². The van der Waals surface area contributed by atoms with Crippen molar-refractivity contribution >= 4 is 35.3 Å². The number of benzene rings is 2. The molecule has 0 saturated carbocycles. The molecular weight excluding hydrogens is 945 g/mol. The molecule has 11 heteroatoms. The van der Waals surface area contributed by atoms with Gasteiger partial charge in [0.15, 0.2) is 11.6 Å². The third kappa shape index (κ3) is 11.3. The Hall–Kier alpha value is -1.49. The number of rotatable bonds is 19. The van der Waals surface area contributed by atoms with Crippen LogP contribution < -0.4 is 10.4 Å². The molecule has 2 spiro atoms. The van der Waals surface area contributed by atoms with Crippen molar-refractivity contribution in [3.63, 3.8) is 0 Å². The molecule has 5 heterocycles. The van der Waals surface area contributed by atoms with Crippen molar-refractivity contribution in [3.05, 3.63) is 72.8 Å². The van der Waals surface area contributed by atoms with Crippen LogP contribution in [0.2, 0.25) is 38.3 Å². The monoisotopic (exact) mass is 1050 g/mol. The van der Waals surface area contributed by atoms with Crippen LogP contribution in [-0.4, -0.2) is 92.5 Å². The van der Waals surface area contributed by atoms with Crippen LogP contribution in [0.15, 0.2) is 72.8 Å². The molecule has 0 radical (unpaired) electrons. The summed E-state index contributed by atoms with van der Waals surface area (Å²) < 4.78 is 59.8. The minimum absolute atomic E-state index is 0.0571. The summed E-state index contributed by atoms with van der Waals surface area (Å²) in [6.45, 7) is 46.9. The molecule has 0 amide bonds. The van der Waals surface area contributed by atoms with Crippen LogP contribution in [-0.2, 0) is 37.0 Å². The van der Waals surface area contributed by atoms with Gasteiger partial charge in [-0.25, -0.2) is 0 Å². The van der Waals surface area contributed by atoms with E-state index < -0.39 is 36.5 Å². The largest absolute Gasteiger partial charge is 0.410 e. The van der Waals surface area contributed by atoms with Crippen LogP contribution in [0.1, 0.15) is 182 Å². The Labute approximate surface area is 442 Å². The molecule has 0 unspecified atom stereocenters.